The number of anilines is 1. The Balaban J connectivity index is 2.45. The number of ether oxygens (including phenoxy) is 2. The molecule has 0 bridgehead atoms. The Morgan fingerprint density at radius 3 is 2.90 bits per heavy atom. The molecule has 9 heteroatoms. The highest BCUT2D eigenvalue weighted by Gasteiger charge is 2.45. The summed E-state index contributed by atoms with van der Waals surface area (Å²) in [7, 11) is 2.99. The van der Waals surface area contributed by atoms with E-state index >= 15 is 0 Å². The second-order valence-corrected chi connectivity index (χ2v) is 4.32. The molecule has 0 spiro atoms. The average molecular weight is 284 g/mol. The topological polar surface area (TPSA) is 129 Å². The quantitative estimate of drug-likeness (QED) is 0.546. The number of nitrogen functional groups attached to an aromatic ring is 1. The normalized spacial score (nSPS) is 29.6. The Morgan fingerprint density at radius 1 is 1.65 bits per heavy atom. The molecule has 1 aliphatic rings. The maximum atomic E-state index is 11.9. The standard InChI is InChI=1S/C11H16N4O5/c1-13-9-6(17)7(19-2)10(20-9)15-3-5(4-16)8(12)14-11(15)18/h3-4,6-7,9-10,13,17H,1-2H3,(H2,12,14,18). The highest BCUT2D eigenvalue weighted by Crippen LogP contribution is 2.29. The monoisotopic (exact) mass is 284 g/mol. The molecule has 0 aliphatic carbocycles. The van der Waals surface area contributed by atoms with Gasteiger partial charge in [0.2, 0.25) is 0 Å². The molecule has 1 saturated heterocycles. The molecule has 0 radical (unpaired) electrons. The number of aromatic nitrogens is 2. The Bertz CT molecular complexity index is 560. The van der Waals surface area contributed by atoms with Crippen molar-refractivity contribution in [2.75, 3.05) is 19.9 Å². The Labute approximate surface area is 114 Å². The molecule has 4 N–H and O–H groups in total. The molecule has 0 aromatic carbocycles. The van der Waals surface area contributed by atoms with Crippen molar-refractivity contribution < 1.29 is 19.4 Å². The maximum absolute atomic E-state index is 11.9. The van der Waals surface area contributed by atoms with Crippen molar-refractivity contribution in [2.45, 2.75) is 24.7 Å². The maximum Gasteiger partial charge on any atom is 0.351 e. The van der Waals surface area contributed by atoms with Gasteiger partial charge in [0.25, 0.3) is 0 Å². The molecule has 0 saturated carbocycles. The van der Waals surface area contributed by atoms with Gasteiger partial charge in [-0.15, -0.1) is 0 Å². The first kappa shape index (κ1) is 14.6. The smallest absolute Gasteiger partial charge is 0.351 e. The minimum Gasteiger partial charge on any atom is -0.386 e. The second kappa shape index (κ2) is 5.67. The summed E-state index contributed by atoms with van der Waals surface area (Å²) in [6.07, 6.45) is -1.64. The number of nitrogens with two attached hydrogens (primary N) is 1. The van der Waals surface area contributed by atoms with Crippen molar-refractivity contribution in [1.29, 1.82) is 0 Å². The van der Waals surface area contributed by atoms with Crippen molar-refractivity contribution in [3.63, 3.8) is 0 Å². The number of hydrogen-bond donors (Lipinski definition) is 3. The first-order valence-electron chi connectivity index (χ1n) is 5.91. The van der Waals surface area contributed by atoms with Gasteiger partial charge in [0.15, 0.2) is 12.5 Å². The Kier molecular flexibility index (Phi) is 4.14. The van der Waals surface area contributed by atoms with E-state index in [-0.39, 0.29) is 11.4 Å². The van der Waals surface area contributed by atoms with Gasteiger partial charge in [-0.3, -0.25) is 14.7 Å². The van der Waals surface area contributed by atoms with Crippen molar-refractivity contribution in [1.82, 2.24) is 14.9 Å². The Morgan fingerprint density at radius 2 is 2.35 bits per heavy atom. The van der Waals surface area contributed by atoms with Crippen LogP contribution in [0.5, 0.6) is 0 Å². The van der Waals surface area contributed by atoms with Crippen LogP contribution >= 0.6 is 0 Å². The van der Waals surface area contributed by atoms with Crippen LogP contribution < -0.4 is 16.7 Å². The van der Waals surface area contributed by atoms with E-state index in [0.717, 1.165) is 4.57 Å². The molecule has 9 nitrogen and oxygen atoms in total. The molecule has 1 aliphatic heterocycles. The van der Waals surface area contributed by atoms with Crippen LogP contribution in [-0.2, 0) is 9.47 Å². The number of hydrogen-bond acceptors (Lipinski definition) is 8. The largest absolute Gasteiger partial charge is 0.386 e. The highest BCUT2D eigenvalue weighted by atomic mass is 16.6. The molecule has 1 aromatic rings. The van der Waals surface area contributed by atoms with Gasteiger partial charge >= 0.3 is 5.69 Å². The first-order chi connectivity index (χ1) is 9.53. The number of nitrogens with one attached hydrogen (secondary N) is 1. The SMILES string of the molecule is CNC1OC(n2cc(C=O)c(N)nc2=O)C(OC)C1O. The third kappa shape index (κ3) is 2.31. The fraction of sp³-hybridized carbons (Fsp3) is 0.545. The van der Waals surface area contributed by atoms with Gasteiger partial charge in [0.1, 0.15) is 24.3 Å². The summed E-state index contributed by atoms with van der Waals surface area (Å²) in [5.74, 6) is -0.154. The fourth-order valence-electron chi connectivity index (χ4n) is 2.14. The van der Waals surface area contributed by atoms with E-state index in [1.54, 1.807) is 7.05 Å². The van der Waals surface area contributed by atoms with Crippen LogP contribution in [0.2, 0.25) is 0 Å². The molecule has 110 valence electrons. The zero-order valence-electron chi connectivity index (χ0n) is 11.0. The second-order valence-electron chi connectivity index (χ2n) is 4.32. The zero-order valence-corrected chi connectivity index (χ0v) is 11.0. The summed E-state index contributed by atoms with van der Waals surface area (Å²) < 4.78 is 11.8. The van der Waals surface area contributed by atoms with Gasteiger partial charge in [0, 0.05) is 13.3 Å². The predicted molar refractivity (Wildman–Crippen MR) is 68.1 cm³/mol. The summed E-state index contributed by atoms with van der Waals surface area (Å²) >= 11 is 0. The molecule has 4 unspecified atom stereocenters. The number of carbonyl (C=O) groups excluding carboxylic acids is 1. The molecule has 1 aromatic heterocycles. The van der Waals surface area contributed by atoms with Crippen molar-refractivity contribution >= 4 is 12.1 Å². The van der Waals surface area contributed by atoms with Gasteiger partial charge in [-0.1, -0.05) is 0 Å². The number of methoxy groups -OCH3 is 1. The van der Waals surface area contributed by atoms with Crippen LogP contribution in [0.25, 0.3) is 0 Å². The number of aliphatic hydroxyl groups is 1. The van der Waals surface area contributed by atoms with E-state index in [0.29, 0.717) is 6.29 Å². The van der Waals surface area contributed by atoms with E-state index in [1.165, 1.54) is 13.3 Å². The van der Waals surface area contributed by atoms with Crippen molar-refractivity contribution in [3.05, 3.63) is 22.2 Å². The van der Waals surface area contributed by atoms with Crippen LogP contribution in [0, 0.1) is 0 Å². The van der Waals surface area contributed by atoms with Crippen molar-refractivity contribution in [3.8, 4) is 0 Å². The van der Waals surface area contributed by atoms with Crippen molar-refractivity contribution in [2.24, 2.45) is 0 Å². The molecular formula is C11H16N4O5. The lowest BCUT2D eigenvalue weighted by atomic mass is 10.2. The lowest BCUT2D eigenvalue weighted by Crippen LogP contribution is -2.40. The minimum absolute atomic E-state index is 0.0606. The number of carbonyl (C=O) groups is 1. The lowest BCUT2D eigenvalue weighted by Gasteiger charge is -2.20. The molecule has 4 atom stereocenters. The van der Waals surface area contributed by atoms with Gasteiger partial charge < -0.3 is 20.3 Å². The summed E-state index contributed by atoms with van der Waals surface area (Å²) in [6, 6.07) is 0. The van der Waals surface area contributed by atoms with E-state index < -0.39 is 30.4 Å². The number of aldehydes is 1. The predicted octanol–water partition coefficient (Wildman–Crippen LogP) is -1.91. The van der Waals surface area contributed by atoms with Crippen LogP contribution in [0.15, 0.2) is 11.0 Å². The van der Waals surface area contributed by atoms with Gasteiger partial charge in [-0.05, 0) is 7.05 Å². The van der Waals surface area contributed by atoms with Gasteiger partial charge in [-0.25, -0.2) is 4.79 Å². The Hall–Kier alpha value is -1.81. The van der Waals surface area contributed by atoms with E-state index in [1.807, 2.05) is 0 Å². The lowest BCUT2D eigenvalue weighted by molar-refractivity contribution is -0.0580. The highest BCUT2D eigenvalue weighted by molar-refractivity contribution is 5.80. The van der Waals surface area contributed by atoms with Crippen LogP contribution in [0.3, 0.4) is 0 Å². The van der Waals surface area contributed by atoms with Crippen LogP contribution in [-0.4, -0.2) is 53.5 Å². The van der Waals surface area contributed by atoms with Gasteiger partial charge in [0.05, 0.1) is 5.56 Å². The van der Waals surface area contributed by atoms with E-state index in [4.69, 9.17) is 15.2 Å². The van der Waals surface area contributed by atoms with E-state index in [9.17, 15) is 14.7 Å². The molecule has 2 heterocycles. The molecule has 20 heavy (non-hydrogen) atoms. The van der Waals surface area contributed by atoms with Crippen LogP contribution in [0.1, 0.15) is 16.6 Å². The minimum atomic E-state index is -0.973. The van der Waals surface area contributed by atoms with Crippen LogP contribution in [0.4, 0.5) is 5.82 Å². The molecule has 2 rings (SSSR count). The summed E-state index contributed by atoms with van der Waals surface area (Å²) in [6.45, 7) is 0. The summed E-state index contributed by atoms with van der Waals surface area (Å²) in [5, 5.41) is 12.8. The number of aliphatic hydroxyl groups excluding tert-OH is 1. The number of nitrogens with zero attached hydrogens (tertiary/aromatic N) is 2. The summed E-state index contributed by atoms with van der Waals surface area (Å²) in [5.41, 5.74) is 4.83. The van der Waals surface area contributed by atoms with Gasteiger partial charge in [-0.2, -0.15) is 4.98 Å². The zero-order chi connectivity index (χ0) is 14.9. The molecule has 1 fully saturated rings. The van der Waals surface area contributed by atoms with E-state index in [2.05, 4.69) is 10.3 Å². The molecular weight excluding hydrogens is 268 g/mol. The first-order valence-corrected chi connectivity index (χ1v) is 5.91. The molecule has 0 amide bonds. The third-order valence-corrected chi connectivity index (χ3v) is 3.18. The number of likely N-dealkylation sites (N-methyl/N-ethyl adjacent to an activating group) is 1. The fourth-order valence-corrected chi connectivity index (χ4v) is 2.14. The average Bonchev–Trinajstić information content (AvgIpc) is 2.75. The number of rotatable bonds is 4. The summed E-state index contributed by atoms with van der Waals surface area (Å²) in [4.78, 5) is 26.3. The third-order valence-electron chi connectivity index (χ3n) is 3.18.